The van der Waals surface area contributed by atoms with E-state index in [4.69, 9.17) is 4.52 Å². The van der Waals surface area contributed by atoms with E-state index >= 15 is 0 Å². The highest BCUT2D eigenvalue weighted by Gasteiger charge is 2.47. The lowest BCUT2D eigenvalue weighted by Crippen LogP contribution is -2.44. The van der Waals surface area contributed by atoms with E-state index in [2.05, 4.69) is 70.0 Å². The number of aryl methyl sites for hydroxylation is 1. The molecule has 3 nitrogen and oxygen atoms in total. The van der Waals surface area contributed by atoms with Gasteiger partial charge in [0.15, 0.2) is 0 Å². The molecule has 2 aromatic rings. The van der Waals surface area contributed by atoms with Crippen LogP contribution in [0.1, 0.15) is 48.1 Å². The highest BCUT2D eigenvalue weighted by atomic mass is 127. The van der Waals surface area contributed by atoms with Gasteiger partial charge in [-0.25, -0.2) is 0 Å². The fraction of sp³-hybridized carbons (Fsp3) is 0.500. The molecule has 5 heteroatoms. The SMILES string of the molecule is Cc1cc([C@@H]2C3CCC(C[C@@H]2c2ccc(I)cc2)N3C)on1.Cl. The quantitative estimate of drug-likeness (QED) is 0.626. The Kier molecular flexibility index (Phi) is 5.04. The fourth-order valence-corrected chi connectivity index (χ4v) is 4.81. The molecule has 0 saturated carbocycles. The Labute approximate surface area is 157 Å². The van der Waals surface area contributed by atoms with E-state index in [9.17, 15) is 0 Å². The zero-order valence-corrected chi connectivity index (χ0v) is 16.4. The molecule has 0 N–H and O–H groups in total. The standard InChI is InChI=1S/C18H21IN2O.ClH/c1-11-9-17(22-20-11)18-15(12-3-5-13(19)6-4-12)10-14-7-8-16(18)21(14)2;/h3-6,9,14-16,18H,7-8,10H2,1-2H3;1H/t14?,15-,16?,18+;/m1./s1. The van der Waals surface area contributed by atoms with Gasteiger partial charge in [0.2, 0.25) is 0 Å². The molecule has 0 spiro atoms. The molecule has 4 rings (SSSR count). The molecule has 2 aliphatic heterocycles. The number of fused-ring (bicyclic) bond motifs is 2. The van der Waals surface area contributed by atoms with E-state index < -0.39 is 0 Å². The van der Waals surface area contributed by atoms with Gasteiger partial charge in [0.05, 0.1) is 5.69 Å². The smallest absolute Gasteiger partial charge is 0.142 e. The van der Waals surface area contributed by atoms with E-state index in [0.29, 0.717) is 17.9 Å². The normalized spacial score (nSPS) is 30.2. The van der Waals surface area contributed by atoms with Crippen LogP contribution in [0, 0.1) is 10.5 Å². The molecule has 0 amide bonds. The van der Waals surface area contributed by atoms with Gasteiger partial charge in [-0.2, -0.15) is 0 Å². The van der Waals surface area contributed by atoms with Gasteiger partial charge in [0, 0.05) is 27.6 Å². The van der Waals surface area contributed by atoms with E-state index in [1.807, 2.05) is 6.92 Å². The first kappa shape index (κ1) is 17.2. The number of nitrogens with zero attached hydrogens (tertiary/aromatic N) is 2. The van der Waals surface area contributed by atoms with E-state index in [1.54, 1.807) is 0 Å². The monoisotopic (exact) mass is 444 g/mol. The molecule has 3 heterocycles. The average molecular weight is 445 g/mol. The number of likely N-dealkylation sites (N-methyl/N-ethyl adjacent to an activating group) is 1. The van der Waals surface area contributed by atoms with Crippen LogP contribution in [0.3, 0.4) is 0 Å². The van der Waals surface area contributed by atoms with Crippen LogP contribution in [0.15, 0.2) is 34.9 Å². The largest absolute Gasteiger partial charge is 0.361 e. The van der Waals surface area contributed by atoms with Crippen molar-refractivity contribution in [1.29, 1.82) is 0 Å². The van der Waals surface area contributed by atoms with Gasteiger partial charge in [-0.3, -0.25) is 4.90 Å². The van der Waals surface area contributed by atoms with Gasteiger partial charge in [-0.15, -0.1) is 12.4 Å². The first-order valence-electron chi connectivity index (χ1n) is 8.04. The predicted octanol–water partition coefficient (Wildman–Crippen LogP) is 4.74. The summed E-state index contributed by atoms with van der Waals surface area (Å²) in [5, 5.41) is 4.15. The Hall–Kier alpha value is -0.590. The van der Waals surface area contributed by atoms with Crippen LogP contribution >= 0.6 is 35.0 Å². The van der Waals surface area contributed by atoms with Crippen LogP contribution in [0.4, 0.5) is 0 Å². The van der Waals surface area contributed by atoms with Crippen molar-refractivity contribution in [2.24, 2.45) is 0 Å². The molecule has 2 saturated heterocycles. The third kappa shape index (κ3) is 3.05. The molecular formula is C18H22ClIN2O. The van der Waals surface area contributed by atoms with Gasteiger partial charge < -0.3 is 4.52 Å². The lowest BCUT2D eigenvalue weighted by Gasteiger charge is -2.42. The van der Waals surface area contributed by atoms with Crippen molar-refractivity contribution in [3.8, 4) is 0 Å². The van der Waals surface area contributed by atoms with E-state index in [1.165, 1.54) is 28.4 Å². The molecule has 2 fully saturated rings. The molecular weight excluding hydrogens is 423 g/mol. The lowest BCUT2D eigenvalue weighted by molar-refractivity contribution is 0.122. The van der Waals surface area contributed by atoms with Crippen molar-refractivity contribution in [2.75, 3.05) is 7.05 Å². The highest BCUT2D eigenvalue weighted by molar-refractivity contribution is 14.1. The Bertz CT molecular complexity index is 672. The second-order valence-corrected chi connectivity index (χ2v) is 8.00. The van der Waals surface area contributed by atoms with Crippen LogP contribution in [-0.2, 0) is 0 Å². The zero-order valence-electron chi connectivity index (χ0n) is 13.4. The number of piperidine rings is 1. The zero-order chi connectivity index (χ0) is 15.3. The molecule has 23 heavy (non-hydrogen) atoms. The minimum absolute atomic E-state index is 0. The number of halogens is 2. The Morgan fingerprint density at radius 3 is 2.61 bits per heavy atom. The van der Waals surface area contributed by atoms with Gasteiger partial charge >= 0.3 is 0 Å². The van der Waals surface area contributed by atoms with Crippen LogP contribution in [-0.4, -0.2) is 29.2 Å². The molecule has 1 aromatic heterocycles. The molecule has 4 atom stereocenters. The summed E-state index contributed by atoms with van der Waals surface area (Å²) in [6.07, 6.45) is 3.80. The summed E-state index contributed by atoms with van der Waals surface area (Å²) in [6, 6.07) is 12.5. The van der Waals surface area contributed by atoms with Crippen molar-refractivity contribution in [1.82, 2.24) is 10.1 Å². The minimum Gasteiger partial charge on any atom is -0.361 e. The van der Waals surface area contributed by atoms with Gasteiger partial charge in [0.25, 0.3) is 0 Å². The molecule has 2 bridgehead atoms. The third-order valence-corrected chi connectivity index (χ3v) is 6.26. The van der Waals surface area contributed by atoms with E-state index in [-0.39, 0.29) is 12.4 Å². The van der Waals surface area contributed by atoms with Crippen LogP contribution in [0.5, 0.6) is 0 Å². The topological polar surface area (TPSA) is 29.3 Å². The maximum Gasteiger partial charge on any atom is 0.142 e. The summed E-state index contributed by atoms with van der Waals surface area (Å²) >= 11 is 2.37. The fourth-order valence-electron chi connectivity index (χ4n) is 4.45. The molecule has 0 radical (unpaired) electrons. The first-order valence-corrected chi connectivity index (χ1v) is 9.12. The summed E-state index contributed by atoms with van der Waals surface area (Å²) in [7, 11) is 2.28. The van der Waals surface area contributed by atoms with Crippen LogP contribution in [0.25, 0.3) is 0 Å². The molecule has 124 valence electrons. The second-order valence-electron chi connectivity index (χ2n) is 6.75. The average Bonchev–Trinajstić information content (AvgIpc) is 3.02. The minimum atomic E-state index is 0. The molecule has 2 unspecified atom stereocenters. The summed E-state index contributed by atoms with van der Waals surface area (Å²) in [4.78, 5) is 2.58. The molecule has 1 aromatic carbocycles. The molecule has 0 aliphatic carbocycles. The third-order valence-electron chi connectivity index (χ3n) is 5.54. The van der Waals surface area contributed by atoms with Gasteiger partial charge in [0.1, 0.15) is 5.76 Å². The first-order chi connectivity index (χ1) is 10.6. The van der Waals surface area contributed by atoms with Crippen molar-refractivity contribution in [3.05, 3.63) is 50.9 Å². The summed E-state index contributed by atoms with van der Waals surface area (Å²) < 4.78 is 7.00. The predicted molar refractivity (Wildman–Crippen MR) is 102 cm³/mol. The van der Waals surface area contributed by atoms with Crippen LogP contribution in [0.2, 0.25) is 0 Å². The second kappa shape index (κ2) is 6.73. The van der Waals surface area contributed by atoms with E-state index in [0.717, 1.165) is 17.5 Å². The Morgan fingerprint density at radius 2 is 1.96 bits per heavy atom. The lowest BCUT2D eigenvalue weighted by atomic mass is 9.75. The summed E-state index contributed by atoms with van der Waals surface area (Å²) in [6.45, 7) is 2.01. The number of hydrogen-bond acceptors (Lipinski definition) is 3. The maximum absolute atomic E-state index is 5.70. The van der Waals surface area contributed by atoms with Crippen molar-refractivity contribution in [2.45, 2.75) is 50.1 Å². The summed E-state index contributed by atoms with van der Waals surface area (Å²) in [5.41, 5.74) is 2.43. The Balaban J connectivity index is 0.00000156. The van der Waals surface area contributed by atoms with Gasteiger partial charge in [-0.1, -0.05) is 17.3 Å². The highest BCUT2D eigenvalue weighted by Crippen LogP contribution is 2.50. The maximum atomic E-state index is 5.70. The number of rotatable bonds is 2. The van der Waals surface area contributed by atoms with Crippen molar-refractivity contribution in [3.63, 3.8) is 0 Å². The van der Waals surface area contributed by atoms with Crippen molar-refractivity contribution < 1.29 is 4.52 Å². The number of hydrogen-bond donors (Lipinski definition) is 0. The summed E-state index contributed by atoms with van der Waals surface area (Å²) in [5.74, 6) is 2.03. The van der Waals surface area contributed by atoms with Gasteiger partial charge in [-0.05, 0) is 79.4 Å². The van der Waals surface area contributed by atoms with Crippen molar-refractivity contribution >= 4 is 35.0 Å². The molecule has 2 aliphatic rings. The van der Waals surface area contributed by atoms with Crippen LogP contribution < -0.4 is 0 Å². The number of aromatic nitrogens is 1. The number of benzene rings is 1. The Morgan fingerprint density at radius 1 is 1.22 bits per heavy atom.